The van der Waals surface area contributed by atoms with Crippen LogP contribution in [0.3, 0.4) is 0 Å². The highest BCUT2D eigenvalue weighted by Gasteiger charge is 2.34. The summed E-state index contributed by atoms with van der Waals surface area (Å²) < 4.78 is 1.10. The van der Waals surface area contributed by atoms with E-state index in [0.29, 0.717) is 0 Å². The van der Waals surface area contributed by atoms with E-state index in [2.05, 4.69) is 57.2 Å². The van der Waals surface area contributed by atoms with Crippen molar-refractivity contribution in [2.45, 2.75) is 19.0 Å². The molecule has 3 aromatic rings. The van der Waals surface area contributed by atoms with Gasteiger partial charge in [-0.3, -0.25) is 9.69 Å². The van der Waals surface area contributed by atoms with Gasteiger partial charge in [0.15, 0.2) is 5.78 Å². The zero-order valence-electron chi connectivity index (χ0n) is 14.4. The summed E-state index contributed by atoms with van der Waals surface area (Å²) in [5.74, 6) is 0.167. The summed E-state index contributed by atoms with van der Waals surface area (Å²) in [6, 6.07) is 26.0. The molecule has 0 aliphatic carbocycles. The lowest BCUT2D eigenvalue weighted by molar-refractivity contribution is 0.0786. The zero-order valence-corrected chi connectivity index (χ0v) is 16.0. The number of benzene rings is 3. The smallest absolute Gasteiger partial charge is 0.184 e. The van der Waals surface area contributed by atoms with E-state index in [0.717, 1.165) is 35.1 Å². The molecule has 1 atom stereocenters. The molecule has 1 heterocycles. The minimum atomic E-state index is -0.251. The number of Topliss-reactive ketones (excluding diaryl/α,β-unsaturated/α-hetero) is 1. The summed E-state index contributed by atoms with van der Waals surface area (Å²) >= 11 is 3.67. The van der Waals surface area contributed by atoms with Gasteiger partial charge in [0, 0.05) is 23.1 Å². The topological polar surface area (TPSA) is 20.3 Å². The molecule has 0 radical (unpaired) electrons. The maximum absolute atomic E-state index is 13.4. The van der Waals surface area contributed by atoms with Gasteiger partial charge in [0.25, 0.3) is 0 Å². The average Bonchev–Trinajstić information content (AvgIpc) is 2.69. The van der Waals surface area contributed by atoms with Crippen molar-refractivity contribution in [1.29, 1.82) is 0 Å². The summed E-state index contributed by atoms with van der Waals surface area (Å²) in [6.07, 6.45) is 0.947. The molecule has 0 fully saturated rings. The predicted octanol–water partition coefficient (Wildman–Crippen LogP) is 5.43. The lowest BCUT2D eigenvalue weighted by atomic mass is 9.87. The first-order chi connectivity index (χ1) is 12.7. The number of rotatable bonds is 4. The maximum atomic E-state index is 13.4. The molecular weight excluding hydrogens is 386 g/mol. The first-order valence-electron chi connectivity index (χ1n) is 8.88. The molecule has 1 aliphatic heterocycles. The molecular formula is C23H20BrNO. The summed E-state index contributed by atoms with van der Waals surface area (Å²) in [5, 5.41) is 0. The Morgan fingerprint density at radius 2 is 1.62 bits per heavy atom. The lowest BCUT2D eigenvalue weighted by Crippen LogP contribution is -2.39. The van der Waals surface area contributed by atoms with Crippen molar-refractivity contribution in [2.24, 2.45) is 0 Å². The van der Waals surface area contributed by atoms with Crippen molar-refractivity contribution in [2.75, 3.05) is 6.54 Å². The number of halogens is 1. The van der Waals surface area contributed by atoms with E-state index >= 15 is 0 Å². The Morgan fingerprint density at radius 1 is 0.923 bits per heavy atom. The first kappa shape index (κ1) is 17.2. The molecule has 1 unspecified atom stereocenters. The molecule has 4 rings (SSSR count). The molecule has 0 aromatic heterocycles. The fraction of sp³-hybridized carbons (Fsp3) is 0.174. The molecule has 3 heteroatoms. The van der Waals surface area contributed by atoms with Gasteiger partial charge in [0.05, 0.1) is 6.04 Å². The van der Waals surface area contributed by atoms with E-state index in [4.69, 9.17) is 0 Å². The summed E-state index contributed by atoms with van der Waals surface area (Å²) in [4.78, 5) is 15.7. The molecule has 0 saturated heterocycles. The Morgan fingerprint density at radius 3 is 2.35 bits per heavy atom. The molecule has 1 aliphatic rings. The highest BCUT2D eigenvalue weighted by molar-refractivity contribution is 9.10. The molecule has 0 saturated carbocycles. The van der Waals surface area contributed by atoms with Crippen molar-refractivity contribution in [1.82, 2.24) is 4.90 Å². The van der Waals surface area contributed by atoms with Crippen LogP contribution in [0.15, 0.2) is 83.3 Å². The van der Waals surface area contributed by atoms with Crippen molar-refractivity contribution in [3.8, 4) is 0 Å². The molecule has 0 bridgehead atoms. The Labute approximate surface area is 162 Å². The van der Waals surface area contributed by atoms with E-state index < -0.39 is 0 Å². The standard InChI is InChI=1S/C23H20BrNO/c24-21-13-7-12-20-19(21)14-15-25(16-17-8-3-1-4-9-17)22(20)23(26)18-10-5-2-6-11-18/h1-13,22H,14-16H2. The van der Waals surface area contributed by atoms with Crippen LogP contribution in [-0.2, 0) is 13.0 Å². The highest BCUT2D eigenvalue weighted by Crippen LogP contribution is 2.36. The normalized spacial score (nSPS) is 16.9. The summed E-state index contributed by atoms with van der Waals surface area (Å²) in [5.41, 5.74) is 4.38. The molecule has 130 valence electrons. The summed E-state index contributed by atoms with van der Waals surface area (Å²) in [6.45, 7) is 1.64. The Balaban J connectivity index is 1.75. The van der Waals surface area contributed by atoms with E-state index in [1.54, 1.807) is 0 Å². The van der Waals surface area contributed by atoms with Gasteiger partial charge in [-0.05, 0) is 29.2 Å². The van der Waals surface area contributed by atoms with E-state index in [-0.39, 0.29) is 11.8 Å². The first-order valence-corrected chi connectivity index (χ1v) is 9.68. The third-order valence-corrected chi connectivity index (χ3v) is 5.74. The fourth-order valence-electron chi connectivity index (χ4n) is 3.73. The number of hydrogen-bond donors (Lipinski definition) is 0. The average molecular weight is 406 g/mol. The minimum Gasteiger partial charge on any atom is -0.292 e. The Kier molecular flexibility index (Phi) is 5.00. The molecule has 2 nitrogen and oxygen atoms in total. The second-order valence-corrected chi connectivity index (χ2v) is 7.50. The highest BCUT2D eigenvalue weighted by atomic mass is 79.9. The van der Waals surface area contributed by atoms with Gasteiger partial charge in [-0.15, -0.1) is 0 Å². The van der Waals surface area contributed by atoms with Gasteiger partial charge < -0.3 is 0 Å². The molecule has 0 spiro atoms. The van der Waals surface area contributed by atoms with Gasteiger partial charge in [0.2, 0.25) is 0 Å². The van der Waals surface area contributed by atoms with Crippen LogP contribution < -0.4 is 0 Å². The number of ketones is 1. The number of carbonyl (C=O) groups is 1. The predicted molar refractivity (Wildman–Crippen MR) is 108 cm³/mol. The van der Waals surface area contributed by atoms with Crippen LogP contribution in [-0.4, -0.2) is 17.2 Å². The molecule has 0 N–H and O–H groups in total. The molecule has 0 amide bonds. The third-order valence-electron chi connectivity index (χ3n) is 5.00. The van der Waals surface area contributed by atoms with Gasteiger partial charge in [-0.1, -0.05) is 88.7 Å². The SMILES string of the molecule is O=C(c1ccccc1)C1c2cccc(Br)c2CCN1Cc1ccccc1. The van der Waals surface area contributed by atoms with Crippen LogP contribution in [0.2, 0.25) is 0 Å². The van der Waals surface area contributed by atoms with Gasteiger partial charge >= 0.3 is 0 Å². The van der Waals surface area contributed by atoms with Crippen LogP contribution in [0.25, 0.3) is 0 Å². The Hall–Kier alpha value is -2.23. The molecule has 26 heavy (non-hydrogen) atoms. The second kappa shape index (κ2) is 7.56. The van der Waals surface area contributed by atoms with Gasteiger partial charge in [-0.25, -0.2) is 0 Å². The fourth-order valence-corrected chi connectivity index (χ4v) is 4.31. The zero-order chi connectivity index (χ0) is 17.9. The van der Waals surface area contributed by atoms with Crippen molar-refractivity contribution in [3.63, 3.8) is 0 Å². The van der Waals surface area contributed by atoms with Crippen molar-refractivity contribution >= 4 is 21.7 Å². The molecule has 3 aromatic carbocycles. The van der Waals surface area contributed by atoms with Gasteiger partial charge in [0.1, 0.15) is 0 Å². The van der Waals surface area contributed by atoms with E-state index in [1.165, 1.54) is 11.1 Å². The lowest BCUT2D eigenvalue weighted by Gasteiger charge is -2.37. The van der Waals surface area contributed by atoms with Crippen LogP contribution in [0.1, 0.15) is 33.1 Å². The van der Waals surface area contributed by atoms with Crippen molar-refractivity contribution < 1.29 is 4.79 Å². The van der Waals surface area contributed by atoms with Crippen LogP contribution in [0, 0.1) is 0 Å². The number of nitrogens with zero attached hydrogens (tertiary/aromatic N) is 1. The number of fused-ring (bicyclic) bond motifs is 1. The quantitative estimate of drug-likeness (QED) is 0.539. The third kappa shape index (κ3) is 3.37. The van der Waals surface area contributed by atoms with E-state index in [9.17, 15) is 4.79 Å². The van der Waals surface area contributed by atoms with E-state index in [1.807, 2.05) is 42.5 Å². The van der Waals surface area contributed by atoms with Gasteiger partial charge in [-0.2, -0.15) is 0 Å². The minimum absolute atomic E-state index is 0.167. The Bertz CT molecular complexity index is 908. The maximum Gasteiger partial charge on any atom is 0.184 e. The number of hydrogen-bond acceptors (Lipinski definition) is 2. The monoisotopic (exact) mass is 405 g/mol. The largest absolute Gasteiger partial charge is 0.292 e. The van der Waals surface area contributed by atoms with Crippen molar-refractivity contribution in [3.05, 3.63) is 106 Å². The van der Waals surface area contributed by atoms with Crippen LogP contribution >= 0.6 is 15.9 Å². The van der Waals surface area contributed by atoms with Crippen LogP contribution in [0.4, 0.5) is 0 Å². The number of carbonyl (C=O) groups excluding carboxylic acids is 1. The van der Waals surface area contributed by atoms with Crippen LogP contribution in [0.5, 0.6) is 0 Å². The summed E-state index contributed by atoms with van der Waals surface area (Å²) in [7, 11) is 0. The second-order valence-electron chi connectivity index (χ2n) is 6.65.